The number of rotatable bonds is 7. The number of primary amides is 1. The van der Waals surface area contributed by atoms with Crippen LogP contribution < -0.4 is 11.1 Å². The number of aryl methyl sites for hydroxylation is 2. The maximum Gasteiger partial charge on any atom is 0.243 e. The van der Waals surface area contributed by atoms with Crippen molar-refractivity contribution in [1.82, 2.24) is 4.31 Å². The number of sulfonamides is 1. The lowest BCUT2D eigenvalue weighted by atomic mass is 9.97. The molecule has 7 nitrogen and oxygen atoms in total. The summed E-state index contributed by atoms with van der Waals surface area (Å²) in [6, 6.07) is 12.7. The Morgan fingerprint density at radius 1 is 1.06 bits per heavy atom. The minimum Gasteiger partial charge on any atom is -0.369 e. The van der Waals surface area contributed by atoms with Crippen molar-refractivity contribution in [2.24, 2.45) is 11.7 Å². The molecule has 2 aliphatic rings. The third-order valence-corrected chi connectivity index (χ3v) is 9.04. The molecule has 2 amide bonds. The van der Waals surface area contributed by atoms with Gasteiger partial charge in [0.25, 0.3) is 0 Å². The van der Waals surface area contributed by atoms with Gasteiger partial charge in [0.05, 0.1) is 16.3 Å². The molecule has 1 fully saturated rings. The number of carbonyl (C=O) groups excluding carboxylic acids is 2. The van der Waals surface area contributed by atoms with Crippen molar-refractivity contribution in [2.75, 3.05) is 24.2 Å². The molecule has 1 saturated heterocycles. The van der Waals surface area contributed by atoms with Crippen LogP contribution in [-0.4, -0.2) is 43.4 Å². The molecule has 3 N–H and O–H groups in total. The molecule has 2 aromatic carbocycles. The normalized spacial score (nSPS) is 17.1. The average Bonchev–Trinajstić information content (AvgIpc) is 3.26. The van der Waals surface area contributed by atoms with Crippen molar-refractivity contribution in [3.05, 3.63) is 53.6 Å². The SMILES string of the molecule is NC(=O)CSc1ccccc1NC(=O)C1CCN(S(=O)(=O)c2ccc3c(c2)CCC3)CC1. The molecule has 1 aliphatic heterocycles. The number of nitrogens with two attached hydrogens (primary N) is 1. The summed E-state index contributed by atoms with van der Waals surface area (Å²) in [6.45, 7) is 0.630. The third-order valence-electron chi connectivity index (χ3n) is 6.05. The quantitative estimate of drug-likeness (QED) is 0.601. The maximum absolute atomic E-state index is 13.1. The zero-order valence-electron chi connectivity index (χ0n) is 17.7. The first-order valence-electron chi connectivity index (χ1n) is 10.8. The van der Waals surface area contributed by atoms with Gasteiger partial charge in [-0.1, -0.05) is 18.2 Å². The monoisotopic (exact) mass is 473 g/mol. The number of thioether (sulfide) groups is 1. The average molecular weight is 474 g/mol. The molecule has 4 rings (SSSR count). The number of piperidine rings is 1. The fourth-order valence-corrected chi connectivity index (χ4v) is 6.56. The molecule has 0 saturated carbocycles. The number of carbonyl (C=O) groups is 2. The Morgan fingerprint density at radius 3 is 2.53 bits per heavy atom. The van der Waals surface area contributed by atoms with Crippen molar-refractivity contribution >= 4 is 39.3 Å². The van der Waals surface area contributed by atoms with E-state index < -0.39 is 15.9 Å². The van der Waals surface area contributed by atoms with Crippen molar-refractivity contribution in [1.29, 1.82) is 0 Å². The van der Waals surface area contributed by atoms with E-state index in [1.165, 1.54) is 21.6 Å². The van der Waals surface area contributed by atoms with Gasteiger partial charge in [0.2, 0.25) is 21.8 Å². The fourth-order valence-electron chi connectivity index (χ4n) is 4.30. The van der Waals surface area contributed by atoms with Crippen LogP contribution in [0.1, 0.15) is 30.4 Å². The van der Waals surface area contributed by atoms with Crippen LogP contribution in [0.2, 0.25) is 0 Å². The molecule has 2 aromatic rings. The maximum atomic E-state index is 13.1. The van der Waals surface area contributed by atoms with Gasteiger partial charge in [0.1, 0.15) is 0 Å². The topological polar surface area (TPSA) is 110 Å². The molecule has 1 aliphatic carbocycles. The van der Waals surface area contributed by atoms with Gasteiger partial charge in [-0.15, -0.1) is 11.8 Å². The van der Waals surface area contributed by atoms with Crippen molar-refractivity contribution in [3.63, 3.8) is 0 Å². The van der Waals surface area contributed by atoms with Gasteiger partial charge in [-0.25, -0.2) is 8.42 Å². The molecule has 0 aromatic heterocycles. The number of hydrogen-bond donors (Lipinski definition) is 2. The lowest BCUT2D eigenvalue weighted by molar-refractivity contribution is -0.121. The van der Waals surface area contributed by atoms with Crippen LogP contribution in [0.25, 0.3) is 0 Å². The Balaban J connectivity index is 1.37. The smallest absolute Gasteiger partial charge is 0.243 e. The van der Waals surface area contributed by atoms with E-state index in [1.807, 2.05) is 30.3 Å². The molecule has 0 atom stereocenters. The molecule has 1 heterocycles. The summed E-state index contributed by atoms with van der Waals surface area (Å²) in [7, 11) is -3.56. The van der Waals surface area contributed by atoms with E-state index in [0.717, 1.165) is 29.7 Å². The summed E-state index contributed by atoms with van der Waals surface area (Å²) in [6.07, 6.45) is 3.95. The van der Waals surface area contributed by atoms with Gasteiger partial charge in [0, 0.05) is 23.9 Å². The fraction of sp³-hybridized carbons (Fsp3) is 0.391. The van der Waals surface area contributed by atoms with Crippen LogP contribution in [0.4, 0.5) is 5.69 Å². The summed E-state index contributed by atoms with van der Waals surface area (Å²) in [5.74, 6) is -0.693. The van der Waals surface area contributed by atoms with Crippen LogP contribution >= 0.6 is 11.8 Å². The van der Waals surface area contributed by atoms with Gasteiger partial charge in [-0.05, 0) is 67.5 Å². The van der Waals surface area contributed by atoms with E-state index in [4.69, 9.17) is 5.73 Å². The van der Waals surface area contributed by atoms with Gasteiger partial charge in [0.15, 0.2) is 0 Å². The van der Waals surface area contributed by atoms with E-state index in [1.54, 1.807) is 12.1 Å². The molecule has 0 bridgehead atoms. The molecule has 0 unspecified atom stereocenters. The summed E-state index contributed by atoms with van der Waals surface area (Å²) in [5.41, 5.74) is 8.24. The van der Waals surface area contributed by atoms with E-state index in [-0.39, 0.29) is 17.6 Å². The zero-order valence-corrected chi connectivity index (χ0v) is 19.4. The zero-order chi connectivity index (χ0) is 22.7. The number of nitrogens with zero attached hydrogens (tertiary/aromatic N) is 1. The second kappa shape index (κ2) is 9.64. The van der Waals surface area contributed by atoms with E-state index >= 15 is 0 Å². The number of nitrogens with one attached hydrogen (secondary N) is 1. The molecule has 9 heteroatoms. The van der Waals surface area contributed by atoms with Gasteiger partial charge in [-0.2, -0.15) is 4.31 Å². The van der Waals surface area contributed by atoms with E-state index in [2.05, 4.69) is 5.32 Å². The number of amides is 2. The highest BCUT2D eigenvalue weighted by Gasteiger charge is 2.32. The van der Waals surface area contributed by atoms with Crippen LogP contribution in [0.5, 0.6) is 0 Å². The number of para-hydroxylation sites is 1. The first kappa shape index (κ1) is 22.8. The Kier molecular flexibility index (Phi) is 6.88. The highest BCUT2D eigenvalue weighted by molar-refractivity contribution is 8.00. The summed E-state index contributed by atoms with van der Waals surface area (Å²) >= 11 is 1.28. The Morgan fingerprint density at radius 2 is 1.78 bits per heavy atom. The second-order valence-corrected chi connectivity index (χ2v) is 11.2. The third kappa shape index (κ3) is 5.00. The molecule has 0 radical (unpaired) electrons. The van der Waals surface area contributed by atoms with Gasteiger partial charge in [-0.3, -0.25) is 9.59 Å². The minimum atomic E-state index is -3.56. The molecular formula is C23H27N3O4S2. The van der Waals surface area contributed by atoms with E-state index in [0.29, 0.717) is 36.5 Å². The second-order valence-electron chi connectivity index (χ2n) is 8.20. The first-order valence-corrected chi connectivity index (χ1v) is 13.2. The van der Waals surface area contributed by atoms with Crippen molar-refractivity contribution < 1.29 is 18.0 Å². The van der Waals surface area contributed by atoms with Crippen molar-refractivity contribution in [3.8, 4) is 0 Å². The number of anilines is 1. The van der Waals surface area contributed by atoms with Crippen LogP contribution in [-0.2, 0) is 32.5 Å². The number of hydrogen-bond acceptors (Lipinski definition) is 5. The largest absolute Gasteiger partial charge is 0.369 e. The molecule has 0 spiro atoms. The molecule has 170 valence electrons. The van der Waals surface area contributed by atoms with Crippen LogP contribution in [0, 0.1) is 5.92 Å². The summed E-state index contributed by atoms with van der Waals surface area (Å²) in [4.78, 5) is 25.0. The summed E-state index contributed by atoms with van der Waals surface area (Å²) < 4.78 is 27.7. The van der Waals surface area contributed by atoms with Gasteiger partial charge < -0.3 is 11.1 Å². The lowest BCUT2D eigenvalue weighted by Crippen LogP contribution is -2.41. The lowest BCUT2D eigenvalue weighted by Gasteiger charge is -2.30. The summed E-state index contributed by atoms with van der Waals surface area (Å²) in [5, 5.41) is 2.94. The van der Waals surface area contributed by atoms with E-state index in [9.17, 15) is 18.0 Å². The Hall–Kier alpha value is -2.36. The number of fused-ring (bicyclic) bond motifs is 1. The standard InChI is InChI=1S/C23H27N3O4S2/c24-22(27)15-31-21-7-2-1-6-20(21)25-23(28)17-10-12-26(13-11-17)32(29,30)19-9-8-16-4-3-5-18(16)14-19/h1-2,6-9,14,17H,3-5,10-13,15H2,(H2,24,27)(H,25,28). The predicted octanol–water partition coefficient (Wildman–Crippen LogP) is 2.79. The minimum absolute atomic E-state index is 0.131. The highest BCUT2D eigenvalue weighted by atomic mass is 32.2. The van der Waals surface area contributed by atoms with Crippen LogP contribution in [0.15, 0.2) is 52.3 Å². The highest BCUT2D eigenvalue weighted by Crippen LogP contribution is 2.30. The number of benzene rings is 2. The molecular weight excluding hydrogens is 446 g/mol. The van der Waals surface area contributed by atoms with Crippen molar-refractivity contribution in [2.45, 2.75) is 41.9 Å². The molecule has 32 heavy (non-hydrogen) atoms. The predicted molar refractivity (Wildman–Crippen MR) is 125 cm³/mol. The van der Waals surface area contributed by atoms with Gasteiger partial charge >= 0.3 is 0 Å². The first-order chi connectivity index (χ1) is 15.3. The van der Waals surface area contributed by atoms with Crippen LogP contribution in [0.3, 0.4) is 0 Å². The Labute approximate surface area is 192 Å². The Bertz CT molecular complexity index is 1130.